The Morgan fingerprint density at radius 3 is 1.97 bits per heavy atom. The zero-order valence-electron chi connectivity index (χ0n) is 22.1. The molecule has 2 amide bonds. The molecule has 0 aliphatic carbocycles. The molecule has 0 heterocycles. The van der Waals surface area contributed by atoms with Crippen LogP contribution >= 0.6 is 31.9 Å². The molecule has 3 aromatic rings. The largest absolute Gasteiger partial charge is 0.305 e. The highest BCUT2D eigenvalue weighted by Crippen LogP contribution is 2.34. The Balaban J connectivity index is 2.06. The molecule has 9 heteroatoms. The van der Waals surface area contributed by atoms with Crippen LogP contribution in [0, 0.1) is 12.3 Å². The molecule has 0 aliphatic rings. The SMILES string of the molecule is Cc1ccc(S(=O)(=O)N(C)C(=O)C[C@H](CC(C)(C)C)N(C(=O)c2ccccc2)c2cc(Br)cc(Br)c2)cc1. The average molecular weight is 664 g/mol. The van der Waals surface area contributed by atoms with Crippen molar-refractivity contribution in [3.05, 3.63) is 92.9 Å². The third-order valence-electron chi connectivity index (χ3n) is 6.02. The maximum Gasteiger partial charge on any atom is 0.266 e. The summed E-state index contributed by atoms with van der Waals surface area (Å²) < 4.78 is 28.8. The van der Waals surface area contributed by atoms with Gasteiger partial charge in [-0.15, -0.1) is 0 Å². The second-order valence-electron chi connectivity index (χ2n) is 10.5. The molecular weight excluding hydrogens is 632 g/mol. The molecule has 202 valence electrons. The van der Waals surface area contributed by atoms with Crippen molar-refractivity contribution in [2.75, 3.05) is 11.9 Å². The Bertz CT molecular complexity index is 1380. The van der Waals surface area contributed by atoms with Gasteiger partial charge in [0.15, 0.2) is 0 Å². The fourth-order valence-electron chi connectivity index (χ4n) is 4.19. The number of carbonyl (C=O) groups excluding carboxylic acids is 2. The van der Waals surface area contributed by atoms with E-state index in [1.807, 2.05) is 52.0 Å². The van der Waals surface area contributed by atoms with Crippen LogP contribution < -0.4 is 4.90 Å². The Kier molecular flexibility index (Phi) is 9.60. The molecule has 38 heavy (non-hydrogen) atoms. The summed E-state index contributed by atoms with van der Waals surface area (Å²) in [6.07, 6.45) is 0.279. The fraction of sp³-hybridized carbons (Fsp3) is 0.310. The number of aryl methyl sites for hydroxylation is 1. The van der Waals surface area contributed by atoms with Gasteiger partial charge in [-0.2, -0.15) is 0 Å². The third-order valence-corrected chi connectivity index (χ3v) is 8.73. The first-order chi connectivity index (χ1) is 17.7. The number of anilines is 1. The highest BCUT2D eigenvalue weighted by Gasteiger charge is 2.35. The number of rotatable bonds is 8. The van der Waals surface area contributed by atoms with Crippen molar-refractivity contribution in [2.24, 2.45) is 5.41 Å². The predicted molar refractivity (Wildman–Crippen MR) is 159 cm³/mol. The lowest BCUT2D eigenvalue weighted by atomic mass is 9.85. The van der Waals surface area contributed by atoms with Crippen molar-refractivity contribution in [2.45, 2.75) is 51.5 Å². The summed E-state index contributed by atoms with van der Waals surface area (Å²) in [5.74, 6) is -0.874. The van der Waals surface area contributed by atoms with E-state index < -0.39 is 22.0 Å². The first kappa shape index (κ1) is 30.1. The Morgan fingerprint density at radius 2 is 1.45 bits per heavy atom. The first-order valence-corrected chi connectivity index (χ1v) is 15.1. The molecule has 0 unspecified atom stereocenters. The zero-order chi connectivity index (χ0) is 28.3. The van der Waals surface area contributed by atoms with Crippen molar-refractivity contribution in [3.63, 3.8) is 0 Å². The van der Waals surface area contributed by atoms with Crippen molar-refractivity contribution in [1.29, 1.82) is 0 Å². The molecule has 0 bridgehead atoms. The summed E-state index contributed by atoms with van der Waals surface area (Å²) in [4.78, 5) is 29.1. The van der Waals surface area contributed by atoms with E-state index in [2.05, 4.69) is 31.9 Å². The molecule has 0 radical (unpaired) electrons. The van der Waals surface area contributed by atoms with Crippen LogP contribution in [0.3, 0.4) is 0 Å². The lowest BCUT2D eigenvalue weighted by Gasteiger charge is -2.36. The smallest absolute Gasteiger partial charge is 0.266 e. The molecular formula is C29H32Br2N2O4S. The number of hydrogen-bond acceptors (Lipinski definition) is 4. The predicted octanol–water partition coefficient (Wildman–Crippen LogP) is 7.21. The first-order valence-electron chi connectivity index (χ1n) is 12.1. The van der Waals surface area contributed by atoms with E-state index in [1.54, 1.807) is 41.3 Å². The van der Waals surface area contributed by atoms with Gasteiger partial charge in [-0.1, -0.05) is 88.5 Å². The molecule has 0 N–H and O–H groups in total. The molecule has 6 nitrogen and oxygen atoms in total. The van der Waals surface area contributed by atoms with E-state index in [-0.39, 0.29) is 22.6 Å². The number of sulfonamides is 1. The van der Waals surface area contributed by atoms with E-state index in [4.69, 9.17) is 0 Å². The van der Waals surface area contributed by atoms with E-state index >= 15 is 0 Å². The second-order valence-corrected chi connectivity index (χ2v) is 14.3. The summed E-state index contributed by atoms with van der Waals surface area (Å²) in [5, 5.41) is 0. The van der Waals surface area contributed by atoms with Gasteiger partial charge in [0.2, 0.25) is 5.91 Å². The van der Waals surface area contributed by atoms with Gasteiger partial charge in [-0.25, -0.2) is 12.7 Å². The summed E-state index contributed by atoms with van der Waals surface area (Å²) in [5.41, 5.74) is 1.71. The van der Waals surface area contributed by atoms with E-state index in [9.17, 15) is 18.0 Å². The van der Waals surface area contributed by atoms with E-state index in [1.165, 1.54) is 19.2 Å². The minimum Gasteiger partial charge on any atom is -0.305 e. The second kappa shape index (κ2) is 12.1. The van der Waals surface area contributed by atoms with E-state index in [0.717, 1.165) is 18.8 Å². The molecule has 3 rings (SSSR count). The molecule has 0 aliphatic heterocycles. The quantitative estimate of drug-likeness (QED) is 0.255. The Morgan fingerprint density at radius 1 is 0.895 bits per heavy atom. The summed E-state index contributed by atoms with van der Waals surface area (Å²) in [6.45, 7) is 7.94. The summed E-state index contributed by atoms with van der Waals surface area (Å²) in [6, 6.07) is 20.1. The molecule has 0 fully saturated rings. The summed E-state index contributed by atoms with van der Waals surface area (Å²) in [7, 11) is -2.79. The van der Waals surface area contributed by atoms with Gasteiger partial charge in [0, 0.05) is 39.7 Å². The highest BCUT2D eigenvalue weighted by atomic mass is 79.9. The topological polar surface area (TPSA) is 74.8 Å². The number of hydrogen-bond donors (Lipinski definition) is 0. The highest BCUT2D eigenvalue weighted by molar-refractivity contribution is 9.11. The fourth-order valence-corrected chi connectivity index (χ4v) is 6.59. The average Bonchev–Trinajstić information content (AvgIpc) is 2.82. The van der Waals surface area contributed by atoms with Gasteiger partial charge in [0.05, 0.1) is 4.90 Å². The summed E-state index contributed by atoms with van der Waals surface area (Å²) >= 11 is 7.01. The maximum atomic E-state index is 13.9. The monoisotopic (exact) mass is 662 g/mol. The van der Waals surface area contributed by atoms with Crippen LogP contribution in [0.5, 0.6) is 0 Å². The normalized spacial score (nSPS) is 12.6. The third kappa shape index (κ3) is 7.55. The van der Waals surface area contributed by atoms with Crippen LogP contribution in [0.25, 0.3) is 0 Å². The van der Waals surface area contributed by atoms with Crippen LogP contribution in [-0.2, 0) is 14.8 Å². The van der Waals surface area contributed by atoms with Gasteiger partial charge in [-0.3, -0.25) is 9.59 Å². The molecule has 0 aromatic heterocycles. The molecule has 1 atom stereocenters. The number of nitrogens with zero attached hydrogens (tertiary/aromatic N) is 2. The van der Waals surface area contributed by atoms with Gasteiger partial charge < -0.3 is 4.90 Å². The van der Waals surface area contributed by atoms with Crippen molar-refractivity contribution >= 4 is 59.4 Å². The van der Waals surface area contributed by atoms with Gasteiger partial charge in [0.25, 0.3) is 15.9 Å². The molecule has 0 saturated heterocycles. The van der Waals surface area contributed by atoms with Crippen molar-refractivity contribution in [1.82, 2.24) is 4.31 Å². The van der Waals surface area contributed by atoms with Gasteiger partial charge in [0.1, 0.15) is 0 Å². The lowest BCUT2D eigenvalue weighted by Crippen LogP contribution is -2.46. The van der Waals surface area contributed by atoms with Crippen LogP contribution in [-0.4, -0.2) is 37.6 Å². The van der Waals surface area contributed by atoms with Gasteiger partial charge in [-0.05, 0) is 61.2 Å². The van der Waals surface area contributed by atoms with Crippen LogP contribution in [0.4, 0.5) is 5.69 Å². The zero-order valence-corrected chi connectivity index (χ0v) is 26.1. The number of halogens is 2. The minimum absolute atomic E-state index is 0.0412. The number of carbonyl (C=O) groups is 2. The van der Waals surface area contributed by atoms with Crippen LogP contribution in [0.2, 0.25) is 0 Å². The van der Waals surface area contributed by atoms with Crippen LogP contribution in [0.1, 0.15) is 49.5 Å². The number of benzene rings is 3. The standard InChI is InChI=1S/C29H32Br2N2O4S/c1-20-11-13-26(14-12-20)38(36,37)32(5)27(34)18-25(19-29(2,3)4)33(24-16-22(30)15-23(31)17-24)28(35)21-9-7-6-8-10-21/h6-17,25H,18-19H2,1-5H3/t25-/m1/s1. The Labute approximate surface area is 242 Å². The maximum absolute atomic E-state index is 13.9. The molecule has 3 aromatic carbocycles. The molecule has 0 saturated carbocycles. The van der Waals surface area contributed by atoms with Crippen molar-refractivity contribution < 1.29 is 18.0 Å². The van der Waals surface area contributed by atoms with Crippen LogP contribution in [0.15, 0.2) is 86.6 Å². The number of amides is 2. The van der Waals surface area contributed by atoms with E-state index in [0.29, 0.717) is 17.7 Å². The van der Waals surface area contributed by atoms with Gasteiger partial charge >= 0.3 is 0 Å². The van der Waals surface area contributed by atoms with Crippen molar-refractivity contribution in [3.8, 4) is 0 Å². The minimum atomic E-state index is -4.06. The lowest BCUT2D eigenvalue weighted by molar-refractivity contribution is -0.126. The Hall–Kier alpha value is -2.49. The molecule has 0 spiro atoms.